The van der Waals surface area contributed by atoms with Gasteiger partial charge in [0.1, 0.15) is 11.8 Å². The van der Waals surface area contributed by atoms with Crippen LogP contribution in [-0.2, 0) is 6.54 Å². The zero-order chi connectivity index (χ0) is 19.5. The number of carbonyl (C=O) groups excluding carboxylic acids is 1. The van der Waals surface area contributed by atoms with Crippen LogP contribution in [0.4, 0.5) is 11.4 Å². The molecule has 3 aromatic carbocycles. The van der Waals surface area contributed by atoms with Gasteiger partial charge in [-0.15, -0.1) is 0 Å². The molecule has 0 saturated heterocycles. The van der Waals surface area contributed by atoms with Crippen LogP contribution in [-0.4, -0.2) is 10.5 Å². The first-order valence-corrected chi connectivity index (χ1v) is 8.88. The van der Waals surface area contributed by atoms with E-state index in [1.165, 1.54) is 0 Å². The molecular formula is C23H18N4O. The fourth-order valence-corrected chi connectivity index (χ4v) is 3.23. The number of anilines is 2. The lowest BCUT2D eigenvalue weighted by Gasteiger charge is -2.09. The van der Waals surface area contributed by atoms with E-state index >= 15 is 0 Å². The molecule has 0 radical (unpaired) electrons. The Kier molecular flexibility index (Phi) is 4.53. The first-order valence-electron chi connectivity index (χ1n) is 8.88. The van der Waals surface area contributed by atoms with Gasteiger partial charge in [-0.1, -0.05) is 48.5 Å². The van der Waals surface area contributed by atoms with Crippen LogP contribution in [0.2, 0.25) is 0 Å². The number of para-hydroxylation sites is 2. The number of fused-ring (bicyclic) bond motifs is 1. The van der Waals surface area contributed by atoms with Crippen molar-refractivity contribution in [3.63, 3.8) is 0 Å². The molecule has 0 atom stereocenters. The minimum atomic E-state index is -0.214. The normalized spacial score (nSPS) is 10.5. The standard InChI is InChI=1S/C23H18N4O/c24-13-22-19-6-2-1-5-18(19)15-27(22)14-16-9-11-17(12-10-16)23(28)26-21-8-4-3-7-20(21)25/h1-12,15H,14,25H2,(H,26,28). The van der Waals surface area contributed by atoms with Crippen molar-refractivity contribution in [1.82, 2.24) is 4.57 Å². The fraction of sp³-hybridized carbons (Fsp3) is 0.0435. The van der Waals surface area contributed by atoms with Crippen molar-refractivity contribution in [2.75, 3.05) is 11.1 Å². The lowest BCUT2D eigenvalue weighted by atomic mass is 10.1. The van der Waals surface area contributed by atoms with Crippen LogP contribution in [0.1, 0.15) is 21.6 Å². The highest BCUT2D eigenvalue weighted by Gasteiger charge is 2.10. The Balaban J connectivity index is 1.53. The summed E-state index contributed by atoms with van der Waals surface area (Å²) >= 11 is 0. The Bertz CT molecular complexity index is 1200. The van der Waals surface area contributed by atoms with Gasteiger partial charge in [0.25, 0.3) is 5.91 Å². The van der Waals surface area contributed by atoms with Crippen LogP contribution < -0.4 is 11.1 Å². The van der Waals surface area contributed by atoms with E-state index in [0.717, 1.165) is 16.3 Å². The number of hydrogen-bond acceptors (Lipinski definition) is 3. The van der Waals surface area contributed by atoms with Crippen LogP contribution in [0.3, 0.4) is 0 Å². The number of nitriles is 1. The van der Waals surface area contributed by atoms with Gasteiger partial charge >= 0.3 is 0 Å². The molecule has 0 saturated carbocycles. The highest BCUT2D eigenvalue weighted by atomic mass is 16.1. The van der Waals surface area contributed by atoms with Gasteiger partial charge in [0, 0.05) is 29.1 Å². The zero-order valence-electron chi connectivity index (χ0n) is 15.1. The molecule has 0 bridgehead atoms. The summed E-state index contributed by atoms with van der Waals surface area (Å²) in [6.07, 6.45) is 1.98. The SMILES string of the molecule is N#Cc1c2ccccc2cn1Cc1ccc(C(=O)Nc2ccccc2N)cc1. The maximum atomic E-state index is 12.4. The average Bonchev–Trinajstić information content (AvgIpc) is 3.07. The molecule has 28 heavy (non-hydrogen) atoms. The molecule has 0 spiro atoms. The van der Waals surface area contributed by atoms with Gasteiger partial charge in [-0.3, -0.25) is 4.79 Å². The molecule has 4 aromatic rings. The van der Waals surface area contributed by atoms with Crippen molar-refractivity contribution in [2.45, 2.75) is 6.54 Å². The first-order chi connectivity index (χ1) is 13.7. The van der Waals surface area contributed by atoms with E-state index in [9.17, 15) is 10.1 Å². The Morgan fingerprint density at radius 1 is 1.00 bits per heavy atom. The summed E-state index contributed by atoms with van der Waals surface area (Å²) in [7, 11) is 0. The number of aromatic nitrogens is 1. The second-order valence-corrected chi connectivity index (χ2v) is 6.54. The molecule has 0 unspecified atom stereocenters. The molecule has 0 aliphatic heterocycles. The third kappa shape index (κ3) is 3.31. The lowest BCUT2D eigenvalue weighted by Crippen LogP contribution is -2.13. The Morgan fingerprint density at radius 2 is 1.71 bits per heavy atom. The first kappa shape index (κ1) is 17.4. The summed E-state index contributed by atoms with van der Waals surface area (Å²) in [4.78, 5) is 12.4. The molecule has 4 rings (SSSR count). The fourth-order valence-electron chi connectivity index (χ4n) is 3.23. The van der Waals surface area contributed by atoms with Crippen molar-refractivity contribution >= 4 is 28.1 Å². The van der Waals surface area contributed by atoms with E-state index in [4.69, 9.17) is 5.73 Å². The monoisotopic (exact) mass is 366 g/mol. The molecule has 1 heterocycles. The van der Waals surface area contributed by atoms with Gasteiger partial charge in [-0.05, 0) is 29.8 Å². The number of amides is 1. The maximum Gasteiger partial charge on any atom is 0.255 e. The van der Waals surface area contributed by atoms with Crippen molar-refractivity contribution in [3.05, 3.63) is 95.8 Å². The van der Waals surface area contributed by atoms with Crippen LogP contribution in [0, 0.1) is 11.3 Å². The van der Waals surface area contributed by atoms with E-state index in [0.29, 0.717) is 29.2 Å². The van der Waals surface area contributed by atoms with Gasteiger partial charge < -0.3 is 15.6 Å². The third-order valence-electron chi connectivity index (χ3n) is 4.68. The Morgan fingerprint density at radius 3 is 2.46 bits per heavy atom. The van der Waals surface area contributed by atoms with Gasteiger partial charge in [-0.25, -0.2) is 0 Å². The maximum absolute atomic E-state index is 12.4. The van der Waals surface area contributed by atoms with E-state index < -0.39 is 0 Å². The average molecular weight is 366 g/mol. The second-order valence-electron chi connectivity index (χ2n) is 6.54. The number of rotatable bonds is 4. The Labute approximate surface area is 162 Å². The van der Waals surface area contributed by atoms with E-state index in [1.54, 1.807) is 24.3 Å². The molecule has 0 aliphatic rings. The van der Waals surface area contributed by atoms with Gasteiger partial charge in [0.15, 0.2) is 0 Å². The number of carbonyl (C=O) groups is 1. The topological polar surface area (TPSA) is 83.8 Å². The molecule has 5 nitrogen and oxygen atoms in total. The van der Waals surface area contributed by atoms with E-state index in [1.807, 2.05) is 59.3 Å². The molecule has 1 amide bonds. The van der Waals surface area contributed by atoms with Crippen LogP contribution in [0.25, 0.3) is 10.8 Å². The van der Waals surface area contributed by atoms with Gasteiger partial charge in [0.05, 0.1) is 11.4 Å². The number of nitrogens with two attached hydrogens (primary N) is 1. The summed E-state index contributed by atoms with van der Waals surface area (Å²) in [5.74, 6) is -0.214. The number of hydrogen-bond donors (Lipinski definition) is 2. The minimum Gasteiger partial charge on any atom is -0.397 e. The van der Waals surface area contributed by atoms with Crippen LogP contribution >= 0.6 is 0 Å². The molecule has 0 aliphatic carbocycles. The highest BCUT2D eigenvalue weighted by molar-refractivity contribution is 6.05. The molecule has 1 aromatic heterocycles. The van der Waals surface area contributed by atoms with Gasteiger partial charge in [0.2, 0.25) is 0 Å². The molecule has 136 valence electrons. The van der Waals surface area contributed by atoms with Gasteiger partial charge in [-0.2, -0.15) is 5.26 Å². The van der Waals surface area contributed by atoms with E-state index in [-0.39, 0.29) is 5.91 Å². The summed E-state index contributed by atoms with van der Waals surface area (Å²) in [6.45, 7) is 0.561. The summed E-state index contributed by atoms with van der Waals surface area (Å²) in [6, 6.07) is 24.6. The number of nitrogen functional groups attached to an aromatic ring is 1. The van der Waals surface area contributed by atoms with Crippen molar-refractivity contribution in [2.24, 2.45) is 0 Å². The van der Waals surface area contributed by atoms with Crippen molar-refractivity contribution in [3.8, 4) is 6.07 Å². The summed E-state index contributed by atoms with van der Waals surface area (Å²) < 4.78 is 1.93. The predicted octanol–water partition coefficient (Wildman–Crippen LogP) is 4.40. The third-order valence-corrected chi connectivity index (χ3v) is 4.68. The number of nitrogens with one attached hydrogen (secondary N) is 1. The minimum absolute atomic E-state index is 0.214. The highest BCUT2D eigenvalue weighted by Crippen LogP contribution is 2.22. The molecule has 5 heteroatoms. The molecular weight excluding hydrogens is 348 g/mol. The second kappa shape index (κ2) is 7.29. The molecule has 0 fully saturated rings. The smallest absolute Gasteiger partial charge is 0.255 e. The largest absolute Gasteiger partial charge is 0.397 e. The van der Waals surface area contributed by atoms with Crippen LogP contribution in [0.5, 0.6) is 0 Å². The molecule has 3 N–H and O–H groups in total. The van der Waals surface area contributed by atoms with Crippen LogP contribution in [0.15, 0.2) is 79.0 Å². The van der Waals surface area contributed by atoms with E-state index in [2.05, 4.69) is 11.4 Å². The lowest BCUT2D eigenvalue weighted by molar-refractivity contribution is 0.102. The summed E-state index contributed by atoms with van der Waals surface area (Å²) in [5.41, 5.74) is 9.18. The summed E-state index contributed by atoms with van der Waals surface area (Å²) in [5, 5.41) is 14.3. The quantitative estimate of drug-likeness (QED) is 0.525. The Hall–Kier alpha value is -4.04. The van der Waals surface area contributed by atoms with Crippen molar-refractivity contribution < 1.29 is 4.79 Å². The zero-order valence-corrected chi connectivity index (χ0v) is 15.1. The van der Waals surface area contributed by atoms with Crippen molar-refractivity contribution in [1.29, 1.82) is 5.26 Å². The number of nitrogens with zero attached hydrogens (tertiary/aromatic N) is 2. The number of benzene rings is 3. The predicted molar refractivity (Wildman–Crippen MR) is 111 cm³/mol.